The number of aliphatic hydroxyl groups excluding tert-OH is 1. The van der Waals surface area contributed by atoms with E-state index in [0.717, 1.165) is 57.9 Å². The zero-order valence-corrected chi connectivity index (χ0v) is 17.2. The van der Waals surface area contributed by atoms with Crippen molar-refractivity contribution in [2.45, 2.75) is 66.3 Å². The van der Waals surface area contributed by atoms with Crippen LogP contribution in [0, 0.1) is 13.8 Å². The van der Waals surface area contributed by atoms with E-state index in [-0.39, 0.29) is 12.6 Å². The van der Waals surface area contributed by atoms with E-state index in [0.29, 0.717) is 5.92 Å². The summed E-state index contributed by atoms with van der Waals surface area (Å²) in [5.41, 5.74) is 7.86. The number of aryl methyl sites for hydroxylation is 3. The Hall–Kier alpha value is -2.27. The zero-order valence-electron chi connectivity index (χ0n) is 17.2. The molecule has 3 rings (SSSR count). The third-order valence-corrected chi connectivity index (χ3v) is 5.26. The van der Waals surface area contributed by atoms with Crippen molar-refractivity contribution in [2.24, 2.45) is 0 Å². The quantitative estimate of drug-likeness (QED) is 0.684. The summed E-state index contributed by atoms with van der Waals surface area (Å²) in [5.74, 6) is 0.403. The molecule has 0 bridgehead atoms. The van der Waals surface area contributed by atoms with Gasteiger partial charge in [-0.1, -0.05) is 27.7 Å². The first-order chi connectivity index (χ1) is 12.9. The second kappa shape index (κ2) is 7.77. The van der Waals surface area contributed by atoms with Crippen molar-refractivity contribution >= 4 is 11.2 Å². The molecule has 5 nitrogen and oxygen atoms in total. The van der Waals surface area contributed by atoms with Crippen molar-refractivity contribution in [1.82, 2.24) is 19.5 Å². The van der Waals surface area contributed by atoms with Gasteiger partial charge < -0.3 is 9.67 Å². The molecular weight excluding hydrogens is 336 g/mol. The van der Waals surface area contributed by atoms with E-state index < -0.39 is 0 Å². The lowest BCUT2D eigenvalue weighted by Gasteiger charge is -2.16. The van der Waals surface area contributed by atoms with Gasteiger partial charge in [0.2, 0.25) is 0 Å². The second-order valence-corrected chi connectivity index (χ2v) is 7.53. The van der Waals surface area contributed by atoms with Crippen LogP contribution in [-0.4, -0.2) is 31.2 Å². The van der Waals surface area contributed by atoms with Crippen LogP contribution in [0.1, 0.15) is 68.7 Å². The van der Waals surface area contributed by atoms with Gasteiger partial charge in [0.1, 0.15) is 5.52 Å². The van der Waals surface area contributed by atoms with Crippen LogP contribution in [0.3, 0.4) is 0 Å². The fraction of sp³-hybridized carbons (Fsp3) is 0.500. The third-order valence-electron chi connectivity index (χ3n) is 5.26. The molecule has 0 aromatic carbocycles. The maximum atomic E-state index is 9.71. The number of hydrogen-bond donors (Lipinski definition) is 1. The minimum atomic E-state index is 0.0268. The summed E-state index contributed by atoms with van der Waals surface area (Å²) in [4.78, 5) is 14.7. The van der Waals surface area contributed by atoms with Gasteiger partial charge in [-0.2, -0.15) is 0 Å². The molecule has 0 amide bonds. The highest BCUT2D eigenvalue weighted by Gasteiger charge is 2.19. The zero-order chi connectivity index (χ0) is 19.7. The summed E-state index contributed by atoms with van der Waals surface area (Å²) < 4.78 is 2.06. The van der Waals surface area contributed by atoms with E-state index in [2.05, 4.69) is 57.5 Å². The minimum absolute atomic E-state index is 0.0268. The standard InChI is InChI=1S/C22H30N4O/c1-7-16(12-27)26-11-14(5)20-22(26)23-15(6)21(25-20)17-9-10-19(13(3)4)24-18(17)8-2/h9-11,13,16,27H,7-8,12H2,1-6H3/t16-/m0/s1. The van der Waals surface area contributed by atoms with Crippen molar-refractivity contribution in [3.63, 3.8) is 0 Å². The summed E-state index contributed by atoms with van der Waals surface area (Å²) in [6.45, 7) is 12.7. The topological polar surface area (TPSA) is 63.8 Å². The second-order valence-electron chi connectivity index (χ2n) is 7.53. The number of fused-ring (bicyclic) bond motifs is 1. The molecule has 27 heavy (non-hydrogen) atoms. The highest BCUT2D eigenvalue weighted by atomic mass is 16.3. The Morgan fingerprint density at radius 1 is 1.07 bits per heavy atom. The maximum absolute atomic E-state index is 9.71. The van der Waals surface area contributed by atoms with Gasteiger partial charge in [0.15, 0.2) is 5.65 Å². The van der Waals surface area contributed by atoms with E-state index in [9.17, 15) is 5.11 Å². The number of hydrogen-bond acceptors (Lipinski definition) is 4. The minimum Gasteiger partial charge on any atom is -0.394 e. The van der Waals surface area contributed by atoms with Gasteiger partial charge in [-0.3, -0.25) is 4.98 Å². The molecule has 0 saturated carbocycles. The van der Waals surface area contributed by atoms with Crippen LogP contribution < -0.4 is 0 Å². The van der Waals surface area contributed by atoms with Gasteiger partial charge in [0.05, 0.1) is 24.0 Å². The van der Waals surface area contributed by atoms with E-state index in [1.165, 1.54) is 0 Å². The fourth-order valence-corrected chi connectivity index (χ4v) is 3.56. The number of aromatic nitrogens is 4. The Morgan fingerprint density at radius 2 is 1.81 bits per heavy atom. The monoisotopic (exact) mass is 366 g/mol. The normalized spacial score (nSPS) is 12.9. The van der Waals surface area contributed by atoms with Gasteiger partial charge >= 0.3 is 0 Å². The molecule has 144 valence electrons. The number of aliphatic hydroxyl groups is 1. The lowest BCUT2D eigenvalue weighted by atomic mass is 10.0. The Bertz CT molecular complexity index is 955. The Balaban J connectivity index is 2.20. The van der Waals surface area contributed by atoms with Crippen LogP contribution in [0.2, 0.25) is 0 Å². The molecule has 1 atom stereocenters. The van der Waals surface area contributed by atoms with E-state index in [1.54, 1.807) is 0 Å². The molecule has 0 unspecified atom stereocenters. The Morgan fingerprint density at radius 3 is 2.41 bits per heavy atom. The molecular formula is C22H30N4O. The predicted octanol–water partition coefficient (Wildman–Crippen LogP) is 4.74. The molecule has 3 aromatic rings. The van der Waals surface area contributed by atoms with Crippen molar-refractivity contribution in [3.05, 3.63) is 41.0 Å². The molecule has 0 aliphatic heterocycles. The van der Waals surface area contributed by atoms with Gasteiger partial charge in [0.25, 0.3) is 0 Å². The highest BCUT2D eigenvalue weighted by Crippen LogP contribution is 2.30. The smallest absolute Gasteiger partial charge is 0.159 e. The van der Waals surface area contributed by atoms with Crippen molar-refractivity contribution in [3.8, 4) is 11.3 Å². The van der Waals surface area contributed by atoms with Crippen molar-refractivity contribution in [2.75, 3.05) is 6.61 Å². The summed E-state index contributed by atoms with van der Waals surface area (Å²) in [6.07, 6.45) is 3.76. The molecule has 0 spiro atoms. The molecule has 0 aliphatic rings. The Kier molecular flexibility index (Phi) is 5.61. The van der Waals surface area contributed by atoms with Crippen LogP contribution in [0.5, 0.6) is 0 Å². The molecule has 1 N–H and O–H groups in total. The first-order valence-corrected chi connectivity index (χ1v) is 9.87. The molecule has 0 aliphatic carbocycles. The van der Waals surface area contributed by atoms with Gasteiger partial charge in [-0.05, 0) is 50.3 Å². The van der Waals surface area contributed by atoms with E-state index >= 15 is 0 Å². The van der Waals surface area contributed by atoms with Crippen LogP contribution in [0.15, 0.2) is 18.3 Å². The van der Waals surface area contributed by atoms with Gasteiger partial charge in [-0.15, -0.1) is 0 Å². The molecule has 0 fully saturated rings. The molecule has 5 heteroatoms. The first-order valence-electron chi connectivity index (χ1n) is 9.87. The SMILES string of the molecule is CCc1nc(C(C)C)ccc1-c1nc2c(C)cn([C@@H](CC)CO)c2nc1C. The van der Waals surface area contributed by atoms with E-state index in [4.69, 9.17) is 15.0 Å². The maximum Gasteiger partial charge on any atom is 0.159 e. The summed E-state index contributed by atoms with van der Waals surface area (Å²) in [6, 6.07) is 4.26. The average Bonchev–Trinajstić information content (AvgIpc) is 2.97. The summed E-state index contributed by atoms with van der Waals surface area (Å²) >= 11 is 0. The predicted molar refractivity (Wildman–Crippen MR) is 110 cm³/mol. The van der Waals surface area contributed by atoms with E-state index in [1.807, 2.05) is 6.92 Å². The first kappa shape index (κ1) is 19.5. The lowest BCUT2D eigenvalue weighted by Crippen LogP contribution is -2.12. The third kappa shape index (κ3) is 3.48. The van der Waals surface area contributed by atoms with Crippen molar-refractivity contribution < 1.29 is 5.11 Å². The highest BCUT2D eigenvalue weighted by molar-refractivity contribution is 5.80. The van der Waals surface area contributed by atoms with Crippen LogP contribution >= 0.6 is 0 Å². The average molecular weight is 367 g/mol. The van der Waals surface area contributed by atoms with Gasteiger partial charge in [0, 0.05) is 23.1 Å². The molecule has 0 saturated heterocycles. The fourth-order valence-electron chi connectivity index (χ4n) is 3.56. The number of pyridine rings is 1. The van der Waals surface area contributed by atoms with Crippen LogP contribution in [0.25, 0.3) is 22.4 Å². The van der Waals surface area contributed by atoms with Crippen molar-refractivity contribution in [1.29, 1.82) is 0 Å². The molecule has 3 aromatic heterocycles. The Labute approximate surface area is 161 Å². The summed E-state index contributed by atoms with van der Waals surface area (Å²) in [5, 5.41) is 9.71. The lowest BCUT2D eigenvalue weighted by molar-refractivity contribution is 0.227. The van der Waals surface area contributed by atoms with Crippen LogP contribution in [0.4, 0.5) is 0 Å². The van der Waals surface area contributed by atoms with Gasteiger partial charge in [-0.25, -0.2) is 9.97 Å². The van der Waals surface area contributed by atoms with Crippen LogP contribution in [-0.2, 0) is 6.42 Å². The molecule has 0 radical (unpaired) electrons. The number of rotatable bonds is 6. The summed E-state index contributed by atoms with van der Waals surface area (Å²) in [7, 11) is 0. The molecule has 3 heterocycles. The largest absolute Gasteiger partial charge is 0.394 e. The number of nitrogens with zero attached hydrogens (tertiary/aromatic N) is 4.